The number of hydrogen-bond donors (Lipinski definition) is 2. The normalized spacial score (nSPS) is 26.3. The van der Waals surface area contributed by atoms with E-state index in [9.17, 15) is 4.79 Å². The first kappa shape index (κ1) is 8.39. The molecule has 1 heterocycles. The predicted molar refractivity (Wildman–Crippen MR) is 44.7 cm³/mol. The number of hydrogen-bond acceptors (Lipinski definition) is 4. The Bertz CT molecular complexity index is 205. The van der Waals surface area contributed by atoms with Crippen LogP contribution in [0.15, 0.2) is 4.99 Å². The van der Waals surface area contributed by atoms with Gasteiger partial charge in [0, 0.05) is 5.75 Å². The lowest BCUT2D eigenvalue weighted by atomic mass is 10.1. The summed E-state index contributed by atoms with van der Waals surface area (Å²) in [7, 11) is 0. The quantitative estimate of drug-likeness (QED) is 0.624. The number of carboxylic acid groups (broad SMARTS) is 1. The van der Waals surface area contributed by atoms with Crippen LogP contribution in [0.25, 0.3) is 0 Å². The van der Waals surface area contributed by atoms with E-state index in [2.05, 4.69) is 4.99 Å². The van der Waals surface area contributed by atoms with Gasteiger partial charge in [-0.25, -0.2) is 0 Å². The van der Waals surface area contributed by atoms with Crippen LogP contribution in [0.4, 0.5) is 0 Å². The number of nitrogens with two attached hydrogens (primary N) is 1. The molecule has 62 valence electrons. The van der Waals surface area contributed by atoms with E-state index in [0.717, 1.165) is 0 Å². The van der Waals surface area contributed by atoms with Gasteiger partial charge in [-0.1, -0.05) is 11.8 Å². The van der Waals surface area contributed by atoms with Crippen molar-refractivity contribution in [2.75, 3.05) is 5.75 Å². The van der Waals surface area contributed by atoms with Crippen molar-refractivity contribution >= 4 is 22.9 Å². The maximum atomic E-state index is 10.5. The minimum absolute atomic E-state index is 0.141. The second-order valence-electron chi connectivity index (χ2n) is 2.47. The van der Waals surface area contributed by atoms with Gasteiger partial charge in [-0.2, -0.15) is 0 Å². The summed E-state index contributed by atoms with van der Waals surface area (Å²) in [5.41, 5.74) is 5.38. The number of thioether (sulfide) groups is 1. The Balaban J connectivity index is 2.56. The van der Waals surface area contributed by atoms with Crippen LogP contribution in [0, 0.1) is 5.92 Å². The number of aliphatic carboxylic acids is 1. The number of carboxylic acids is 1. The molecule has 1 aliphatic heterocycles. The van der Waals surface area contributed by atoms with Gasteiger partial charge in [0.05, 0.1) is 12.0 Å². The van der Waals surface area contributed by atoms with Crippen molar-refractivity contribution in [1.29, 1.82) is 0 Å². The summed E-state index contributed by atoms with van der Waals surface area (Å²) in [5, 5.41) is 9.11. The van der Waals surface area contributed by atoms with Crippen LogP contribution in [-0.4, -0.2) is 28.0 Å². The van der Waals surface area contributed by atoms with E-state index in [1.54, 1.807) is 6.92 Å². The second-order valence-corrected chi connectivity index (χ2v) is 3.51. The van der Waals surface area contributed by atoms with Gasteiger partial charge >= 0.3 is 5.97 Å². The predicted octanol–water partition coefficient (Wildman–Crippen LogP) is 0.137. The Kier molecular flexibility index (Phi) is 2.38. The molecule has 3 N–H and O–H groups in total. The minimum atomic E-state index is -0.811. The third-order valence-corrected chi connectivity index (χ3v) is 2.57. The summed E-state index contributed by atoms with van der Waals surface area (Å²) in [6, 6.07) is -0.141. The Morgan fingerprint density at radius 1 is 2.00 bits per heavy atom. The molecule has 0 aromatic carbocycles. The zero-order valence-corrected chi connectivity index (χ0v) is 6.97. The van der Waals surface area contributed by atoms with E-state index in [-0.39, 0.29) is 6.04 Å². The molecule has 0 spiro atoms. The molecular weight excluding hydrogens is 164 g/mol. The summed E-state index contributed by atoms with van der Waals surface area (Å²) in [4.78, 5) is 14.5. The molecule has 4 nitrogen and oxygen atoms in total. The first-order chi connectivity index (χ1) is 5.11. The number of amidine groups is 1. The first-order valence-corrected chi connectivity index (χ1v) is 4.28. The molecule has 0 aromatic rings. The van der Waals surface area contributed by atoms with Crippen LogP contribution < -0.4 is 5.73 Å². The highest BCUT2D eigenvalue weighted by Crippen LogP contribution is 2.21. The highest BCUT2D eigenvalue weighted by molar-refractivity contribution is 8.14. The van der Waals surface area contributed by atoms with Crippen LogP contribution >= 0.6 is 11.8 Å². The molecule has 0 aromatic heterocycles. The lowest BCUT2D eigenvalue weighted by molar-refractivity contribution is -0.141. The molecule has 2 unspecified atom stereocenters. The van der Waals surface area contributed by atoms with Gasteiger partial charge < -0.3 is 10.8 Å². The molecule has 0 saturated heterocycles. The van der Waals surface area contributed by atoms with Crippen LogP contribution in [0.2, 0.25) is 0 Å². The molecular formula is C6H10N2O2S. The number of nitrogens with zero attached hydrogens (tertiary/aromatic N) is 1. The van der Waals surface area contributed by atoms with E-state index in [1.165, 1.54) is 11.8 Å². The molecule has 0 aliphatic carbocycles. The van der Waals surface area contributed by atoms with E-state index < -0.39 is 11.9 Å². The number of rotatable bonds is 2. The highest BCUT2D eigenvalue weighted by atomic mass is 32.2. The average molecular weight is 174 g/mol. The largest absolute Gasteiger partial charge is 0.481 e. The molecule has 11 heavy (non-hydrogen) atoms. The average Bonchev–Trinajstić information content (AvgIpc) is 2.34. The third kappa shape index (κ3) is 1.86. The van der Waals surface area contributed by atoms with Gasteiger partial charge in [0.25, 0.3) is 0 Å². The summed E-state index contributed by atoms with van der Waals surface area (Å²) >= 11 is 1.42. The van der Waals surface area contributed by atoms with Crippen molar-refractivity contribution in [1.82, 2.24) is 0 Å². The van der Waals surface area contributed by atoms with Crippen molar-refractivity contribution in [3.05, 3.63) is 0 Å². The van der Waals surface area contributed by atoms with Crippen LogP contribution in [0.3, 0.4) is 0 Å². The minimum Gasteiger partial charge on any atom is -0.481 e. The lowest BCUT2D eigenvalue weighted by Gasteiger charge is -2.09. The fraction of sp³-hybridized carbons (Fsp3) is 0.667. The number of carbonyl (C=O) groups is 1. The van der Waals surface area contributed by atoms with E-state index in [0.29, 0.717) is 10.9 Å². The van der Waals surface area contributed by atoms with E-state index in [1.807, 2.05) is 0 Å². The summed E-state index contributed by atoms with van der Waals surface area (Å²) in [5.74, 6) is -0.545. The van der Waals surface area contributed by atoms with Crippen molar-refractivity contribution in [3.63, 3.8) is 0 Å². The Morgan fingerprint density at radius 2 is 2.64 bits per heavy atom. The maximum absolute atomic E-state index is 10.5. The standard InChI is InChI=1S/C6H10N2O2S/c1-3(5(9)10)4-2-11-6(7)8-4/h3-4H,2H2,1H3,(H2,7,8)(H,9,10). The molecule has 0 saturated carbocycles. The fourth-order valence-electron chi connectivity index (χ4n) is 0.829. The molecule has 1 rings (SSSR count). The van der Waals surface area contributed by atoms with Crippen LogP contribution in [0.5, 0.6) is 0 Å². The van der Waals surface area contributed by atoms with Gasteiger partial charge in [0.1, 0.15) is 0 Å². The van der Waals surface area contributed by atoms with Crippen LogP contribution in [-0.2, 0) is 4.79 Å². The Morgan fingerprint density at radius 3 is 3.00 bits per heavy atom. The van der Waals surface area contributed by atoms with Gasteiger partial charge in [-0.3, -0.25) is 9.79 Å². The maximum Gasteiger partial charge on any atom is 0.308 e. The summed E-state index contributed by atoms with van der Waals surface area (Å²) < 4.78 is 0. The summed E-state index contributed by atoms with van der Waals surface area (Å²) in [6.07, 6.45) is 0. The van der Waals surface area contributed by atoms with Crippen molar-refractivity contribution in [3.8, 4) is 0 Å². The van der Waals surface area contributed by atoms with Gasteiger partial charge in [-0.05, 0) is 6.92 Å². The van der Waals surface area contributed by atoms with Crippen molar-refractivity contribution < 1.29 is 9.90 Å². The SMILES string of the molecule is CC(C(=O)O)C1CSC(N)=N1. The summed E-state index contributed by atoms with van der Waals surface area (Å²) in [6.45, 7) is 1.65. The molecule has 0 bridgehead atoms. The zero-order valence-electron chi connectivity index (χ0n) is 6.15. The topological polar surface area (TPSA) is 75.7 Å². The lowest BCUT2D eigenvalue weighted by Crippen LogP contribution is -2.24. The highest BCUT2D eigenvalue weighted by Gasteiger charge is 2.27. The van der Waals surface area contributed by atoms with Gasteiger partial charge in [-0.15, -0.1) is 0 Å². The van der Waals surface area contributed by atoms with Gasteiger partial charge in [0.2, 0.25) is 0 Å². The molecule has 1 aliphatic rings. The second kappa shape index (κ2) is 3.13. The monoisotopic (exact) mass is 174 g/mol. The smallest absolute Gasteiger partial charge is 0.308 e. The molecule has 0 amide bonds. The molecule has 0 fully saturated rings. The van der Waals surface area contributed by atoms with E-state index in [4.69, 9.17) is 10.8 Å². The fourth-order valence-corrected chi connectivity index (χ4v) is 1.74. The van der Waals surface area contributed by atoms with Crippen molar-refractivity contribution in [2.24, 2.45) is 16.6 Å². The molecule has 5 heteroatoms. The zero-order chi connectivity index (χ0) is 8.43. The van der Waals surface area contributed by atoms with Crippen molar-refractivity contribution in [2.45, 2.75) is 13.0 Å². The van der Waals surface area contributed by atoms with Gasteiger partial charge in [0.15, 0.2) is 5.17 Å². The Hall–Kier alpha value is -0.710. The third-order valence-electron chi connectivity index (χ3n) is 1.66. The first-order valence-electron chi connectivity index (χ1n) is 3.30. The van der Waals surface area contributed by atoms with E-state index >= 15 is 0 Å². The van der Waals surface area contributed by atoms with Crippen LogP contribution in [0.1, 0.15) is 6.92 Å². The number of aliphatic imine (C=N–C) groups is 1. The molecule has 2 atom stereocenters. The molecule has 0 radical (unpaired) electrons. The Labute approximate surface area is 68.9 Å².